The number of unbranched alkanes of at least 4 members (excludes halogenated alkanes) is 1. The molecule has 4 heteroatoms. The van der Waals surface area contributed by atoms with E-state index in [9.17, 15) is 4.79 Å². The molecule has 0 aliphatic heterocycles. The third-order valence-corrected chi connectivity index (χ3v) is 2.51. The fourth-order valence-electron chi connectivity index (χ4n) is 1.43. The molecule has 0 aliphatic carbocycles. The number of pyridine rings is 1. The number of likely N-dealkylation sites (N-methyl/N-ethyl adjacent to an activating group) is 1. The van der Waals surface area contributed by atoms with Gasteiger partial charge in [-0.25, -0.2) is 0 Å². The van der Waals surface area contributed by atoms with Crippen LogP contribution in [0.25, 0.3) is 0 Å². The molecule has 1 aromatic heterocycles. The van der Waals surface area contributed by atoms with Gasteiger partial charge in [-0.2, -0.15) is 0 Å². The Balaban J connectivity index is 2.42. The van der Waals surface area contributed by atoms with Crippen molar-refractivity contribution < 1.29 is 4.79 Å². The molecule has 0 radical (unpaired) electrons. The van der Waals surface area contributed by atoms with Crippen LogP contribution in [0.15, 0.2) is 31.0 Å². The number of allylic oxidation sites excluding steroid dienone is 1. The topological polar surface area (TPSA) is 59.2 Å². The lowest BCUT2D eigenvalue weighted by Crippen LogP contribution is -2.29. The van der Waals surface area contributed by atoms with Crippen molar-refractivity contribution in [3.8, 4) is 0 Å². The van der Waals surface area contributed by atoms with Gasteiger partial charge in [-0.3, -0.25) is 9.78 Å². The molecule has 0 atom stereocenters. The van der Waals surface area contributed by atoms with E-state index in [1.165, 1.54) is 0 Å². The largest absolute Gasteiger partial charge is 0.397 e. The van der Waals surface area contributed by atoms with E-state index in [1.54, 1.807) is 23.2 Å². The first-order valence-corrected chi connectivity index (χ1v) is 5.68. The summed E-state index contributed by atoms with van der Waals surface area (Å²) in [5.74, 6) is 0.0753. The quantitative estimate of drug-likeness (QED) is 0.600. The van der Waals surface area contributed by atoms with Crippen molar-refractivity contribution >= 4 is 11.6 Å². The van der Waals surface area contributed by atoms with Crippen molar-refractivity contribution in [2.24, 2.45) is 0 Å². The first kappa shape index (κ1) is 13.2. The van der Waals surface area contributed by atoms with Crippen molar-refractivity contribution in [1.29, 1.82) is 0 Å². The Kier molecular flexibility index (Phi) is 5.20. The Morgan fingerprint density at radius 3 is 2.94 bits per heavy atom. The van der Waals surface area contributed by atoms with Gasteiger partial charge in [-0.1, -0.05) is 6.08 Å². The summed E-state index contributed by atoms with van der Waals surface area (Å²) in [6.07, 6.45) is 5.63. The average Bonchev–Trinajstić information content (AvgIpc) is 2.32. The molecular formula is C13H19N3O. The highest BCUT2D eigenvalue weighted by atomic mass is 16.2. The number of amides is 1. The van der Waals surface area contributed by atoms with E-state index < -0.39 is 0 Å². The van der Waals surface area contributed by atoms with Crippen LogP contribution in [-0.2, 0) is 11.2 Å². The summed E-state index contributed by atoms with van der Waals surface area (Å²) in [6, 6.07) is 3.54. The van der Waals surface area contributed by atoms with Gasteiger partial charge in [0.25, 0.3) is 0 Å². The van der Waals surface area contributed by atoms with Gasteiger partial charge >= 0.3 is 0 Å². The number of aromatic nitrogens is 1. The minimum Gasteiger partial charge on any atom is -0.397 e. The van der Waals surface area contributed by atoms with Gasteiger partial charge < -0.3 is 10.6 Å². The molecule has 0 saturated carbocycles. The summed E-state index contributed by atoms with van der Waals surface area (Å²) in [7, 11) is 1.81. The number of carbonyl (C=O) groups excluding carboxylic acids is 1. The maximum Gasteiger partial charge on any atom is 0.228 e. The fraction of sp³-hybridized carbons (Fsp3) is 0.385. The number of nitrogen functional groups attached to an aromatic ring is 1. The Bertz CT molecular complexity index is 373. The normalized spacial score (nSPS) is 9.94. The third-order valence-electron chi connectivity index (χ3n) is 2.51. The first-order valence-electron chi connectivity index (χ1n) is 5.68. The summed E-state index contributed by atoms with van der Waals surface area (Å²) < 4.78 is 0. The van der Waals surface area contributed by atoms with Crippen molar-refractivity contribution in [1.82, 2.24) is 9.88 Å². The molecule has 1 heterocycles. The van der Waals surface area contributed by atoms with Gasteiger partial charge in [0.1, 0.15) is 0 Å². The predicted octanol–water partition coefficient (Wildman–Crippen LogP) is 1.63. The van der Waals surface area contributed by atoms with Crippen molar-refractivity contribution in [3.05, 3.63) is 36.7 Å². The van der Waals surface area contributed by atoms with Gasteiger partial charge in [0, 0.05) is 19.3 Å². The zero-order chi connectivity index (χ0) is 12.7. The predicted molar refractivity (Wildman–Crippen MR) is 69.4 cm³/mol. The van der Waals surface area contributed by atoms with Crippen molar-refractivity contribution in [3.63, 3.8) is 0 Å². The van der Waals surface area contributed by atoms with Crippen LogP contribution in [0, 0.1) is 0 Å². The highest BCUT2D eigenvalue weighted by molar-refractivity contribution is 5.78. The molecule has 0 bridgehead atoms. The Labute approximate surface area is 102 Å². The SMILES string of the molecule is C=CCCCN(C)C(=O)Cc1ccc(N)cn1. The molecular weight excluding hydrogens is 214 g/mol. The van der Waals surface area contributed by atoms with E-state index in [0.29, 0.717) is 12.1 Å². The van der Waals surface area contributed by atoms with E-state index in [-0.39, 0.29) is 5.91 Å². The van der Waals surface area contributed by atoms with Crippen LogP contribution < -0.4 is 5.73 Å². The van der Waals surface area contributed by atoms with Gasteiger partial charge in [-0.05, 0) is 25.0 Å². The van der Waals surface area contributed by atoms with Crippen LogP contribution in [0.3, 0.4) is 0 Å². The minimum absolute atomic E-state index is 0.0753. The van der Waals surface area contributed by atoms with E-state index in [4.69, 9.17) is 5.73 Å². The van der Waals surface area contributed by atoms with Gasteiger partial charge in [0.15, 0.2) is 0 Å². The van der Waals surface area contributed by atoms with Crippen LogP contribution >= 0.6 is 0 Å². The number of hydrogen-bond donors (Lipinski definition) is 1. The number of hydrogen-bond acceptors (Lipinski definition) is 3. The molecule has 0 fully saturated rings. The van der Waals surface area contributed by atoms with E-state index in [1.807, 2.05) is 13.1 Å². The maximum atomic E-state index is 11.8. The molecule has 0 aliphatic rings. The highest BCUT2D eigenvalue weighted by Gasteiger charge is 2.09. The zero-order valence-electron chi connectivity index (χ0n) is 10.2. The Morgan fingerprint density at radius 1 is 1.59 bits per heavy atom. The highest BCUT2D eigenvalue weighted by Crippen LogP contribution is 2.04. The van der Waals surface area contributed by atoms with Crippen LogP contribution in [0.4, 0.5) is 5.69 Å². The van der Waals surface area contributed by atoms with Gasteiger partial charge in [0.05, 0.1) is 18.3 Å². The zero-order valence-corrected chi connectivity index (χ0v) is 10.2. The number of nitrogens with zero attached hydrogens (tertiary/aromatic N) is 2. The molecule has 0 spiro atoms. The maximum absolute atomic E-state index is 11.8. The lowest BCUT2D eigenvalue weighted by Gasteiger charge is -2.16. The molecule has 1 amide bonds. The van der Waals surface area contributed by atoms with Crippen molar-refractivity contribution in [2.45, 2.75) is 19.3 Å². The Hall–Kier alpha value is -1.84. The molecule has 1 rings (SSSR count). The van der Waals surface area contributed by atoms with Gasteiger partial charge in [0.2, 0.25) is 5.91 Å². The van der Waals surface area contributed by atoms with Crippen LogP contribution in [0.5, 0.6) is 0 Å². The fourth-order valence-corrected chi connectivity index (χ4v) is 1.43. The van der Waals surface area contributed by atoms with Crippen LogP contribution in [0.2, 0.25) is 0 Å². The van der Waals surface area contributed by atoms with Crippen LogP contribution in [-0.4, -0.2) is 29.4 Å². The average molecular weight is 233 g/mol. The molecule has 0 saturated heterocycles. The van der Waals surface area contributed by atoms with E-state index >= 15 is 0 Å². The monoisotopic (exact) mass is 233 g/mol. The standard InChI is InChI=1S/C13H19N3O/c1-3-4-5-8-16(2)13(17)9-12-7-6-11(14)10-15-12/h3,6-7,10H,1,4-5,8-9,14H2,2H3. The lowest BCUT2D eigenvalue weighted by molar-refractivity contribution is -0.129. The van der Waals surface area contributed by atoms with Crippen LogP contribution in [0.1, 0.15) is 18.5 Å². The summed E-state index contributed by atoms with van der Waals surface area (Å²) in [4.78, 5) is 17.7. The summed E-state index contributed by atoms with van der Waals surface area (Å²) in [5, 5.41) is 0. The smallest absolute Gasteiger partial charge is 0.228 e. The molecule has 4 nitrogen and oxygen atoms in total. The molecule has 92 valence electrons. The third kappa shape index (κ3) is 4.68. The number of rotatable bonds is 6. The van der Waals surface area contributed by atoms with Crippen molar-refractivity contribution in [2.75, 3.05) is 19.3 Å². The summed E-state index contributed by atoms with van der Waals surface area (Å²) in [6.45, 7) is 4.40. The second-order valence-electron chi connectivity index (χ2n) is 4.01. The molecule has 17 heavy (non-hydrogen) atoms. The van der Waals surface area contributed by atoms with Gasteiger partial charge in [-0.15, -0.1) is 6.58 Å². The van der Waals surface area contributed by atoms with E-state index in [2.05, 4.69) is 11.6 Å². The second-order valence-corrected chi connectivity index (χ2v) is 4.01. The molecule has 0 aromatic carbocycles. The second kappa shape index (κ2) is 6.68. The lowest BCUT2D eigenvalue weighted by atomic mass is 10.2. The summed E-state index contributed by atoms with van der Waals surface area (Å²) in [5.41, 5.74) is 6.89. The number of anilines is 1. The molecule has 2 N–H and O–H groups in total. The molecule has 0 unspecified atom stereocenters. The Morgan fingerprint density at radius 2 is 2.35 bits per heavy atom. The molecule has 1 aromatic rings. The van der Waals surface area contributed by atoms with E-state index in [0.717, 1.165) is 25.1 Å². The number of nitrogens with two attached hydrogens (primary N) is 1. The number of carbonyl (C=O) groups is 1. The summed E-state index contributed by atoms with van der Waals surface area (Å²) >= 11 is 0. The first-order chi connectivity index (χ1) is 8.13. The minimum atomic E-state index is 0.0753.